The maximum Gasteiger partial charge on any atom is 0.306 e. The highest BCUT2D eigenvalue weighted by atomic mass is 32.2. The lowest BCUT2D eigenvalue weighted by Gasteiger charge is -2.32. The Morgan fingerprint density at radius 1 is 1.00 bits per heavy atom. The number of unbranched alkanes of at least 4 members (excludes halogenated alkanes) is 1. The first kappa shape index (κ1) is 37.4. The molecule has 0 amide bonds. The van der Waals surface area contributed by atoms with Crippen molar-refractivity contribution >= 4 is 39.1 Å². The summed E-state index contributed by atoms with van der Waals surface area (Å²) in [6.45, 7) is 7.19. The molecule has 1 aromatic rings. The van der Waals surface area contributed by atoms with Crippen LogP contribution in [0.25, 0.3) is 5.70 Å². The third-order valence-corrected chi connectivity index (χ3v) is 9.76. The number of carbonyl (C=O) groups is 3. The molecule has 12 heteroatoms. The van der Waals surface area contributed by atoms with Crippen molar-refractivity contribution in [2.24, 2.45) is 11.0 Å². The first-order chi connectivity index (χ1) is 22.0. The molecule has 1 aromatic carbocycles. The molecule has 1 fully saturated rings. The third-order valence-electron chi connectivity index (χ3n) is 8.54. The maximum absolute atomic E-state index is 12.5. The molecular formula is C34H50N2O9S. The number of carbonyl (C=O) groups excluding carboxylic acids is 3. The highest BCUT2D eigenvalue weighted by Crippen LogP contribution is 2.36. The Kier molecular flexibility index (Phi) is 15.4. The van der Waals surface area contributed by atoms with E-state index in [0.717, 1.165) is 49.1 Å². The van der Waals surface area contributed by atoms with Crippen LogP contribution >= 0.6 is 0 Å². The predicted molar refractivity (Wildman–Crippen MR) is 176 cm³/mol. The number of allylic oxidation sites excluding steroid dienone is 1. The number of nitrogens with one attached hydrogen (secondary N) is 1. The molecule has 0 bridgehead atoms. The zero-order chi connectivity index (χ0) is 33.5. The molecule has 2 aliphatic rings. The Labute approximate surface area is 273 Å². The highest BCUT2D eigenvalue weighted by Gasteiger charge is 2.31. The van der Waals surface area contributed by atoms with Gasteiger partial charge in [-0.15, -0.1) is 0 Å². The molecule has 1 aliphatic heterocycles. The predicted octanol–water partition coefficient (Wildman–Crippen LogP) is 5.82. The van der Waals surface area contributed by atoms with Crippen LogP contribution in [0.1, 0.15) is 110 Å². The minimum Gasteiger partial charge on any atom is -0.494 e. The fraction of sp³-hybridized carbons (Fsp3) is 0.647. The molecule has 0 aromatic heterocycles. The second-order valence-electron chi connectivity index (χ2n) is 11.9. The summed E-state index contributed by atoms with van der Waals surface area (Å²) in [5.74, 6) is -0.0365. The Morgan fingerprint density at radius 3 is 2.46 bits per heavy atom. The molecule has 11 nitrogen and oxygen atoms in total. The molecule has 256 valence electrons. The SMILES string of the molecule is CCOCCCC(=O)OC1CCCC2=C(c3ccc(OCCCCC(=O)C(CCC(=O)CC)S(=O)(=O)O)cc3)NN=C(C)C2CC1. The van der Waals surface area contributed by atoms with Crippen LogP contribution in [0.2, 0.25) is 0 Å². The molecular weight excluding hydrogens is 612 g/mol. The van der Waals surface area contributed by atoms with E-state index in [0.29, 0.717) is 51.3 Å². The summed E-state index contributed by atoms with van der Waals surface area (Å²) in [4.78, 5) is 36.3. The van der Waals surface area contributed by atoms with Gasteiger partial charge in [-0.3, -0.25) is 24.4 Å². The topological polar surface area (TPSA) is 158 Å². The molecule has 1 saturated carbocycles. The fourth-order valence-corrected chi connectivity index (χ4v) is 6.78. The van der Waals surface area contributed by atoms with Crippen LogP contribution in [0.15, 0.2) is 34.9 Å². The van der Waals surface area contributed by atoms with Crippen molar-refractivity contribution in [2.75, 3.05) is 19.8 Å². The molecule has 0 spiro atoms. The van der Waals surface area contributed by atoms with Crippen LogP contribution in [0.5, 0.6) is 5.75 Å². The molecule has 46 heavy (non-hydrogen) atoms. The van der Waals surface area contributed by atoms with Gasteiger partial charge in [0.25, 0.3) is 10.1 Å². The van der Waals surface area contributed by atoms with E-state index in [4.69, 9.17) is 14.2 Å². The summed E-state index contributed by atoms with van der Waals surface area (Å²) < 4.78 is 49.8. The van der Waals surface area contributed by atoms with E-state index < -0.39 is 21.2 Å². The third kappa shape index (κ3) is 11.9. The van der Waals surface area contributed by atoms with Crippen molar-refractivity contribution in [2.45, 2.75) is 116 Å². The van der Waals surface area contributed by atoms with E-state index in [9.17, 15) is 27.4 Å². The number of nitrogens with zero attached hydrogens (tertiary/aromatic N) is 1. The van der Waals surface area contributed by atoms with Gasteiger partial charge in [-0.1, -0.05) is 6.92 Å². The molecule has 0 radical (unpaired) electrons. The summed E-state index contributed by atoms with van der Waals surface area (Å²) in [5.41, 5.74) is 7.60. The summed E-state index contributed by atoms with van der Waals surface area (Å²) >= 11 is 0. The van der Waals surface area contributed by atoms with E-state index in [1.54, 1.807) is 6.92 Å². The van der Waals surface area contributed by atoms with Crippen molar-refractivity contribution in [3.63, 3.8) is 0 Å². The number of esters is 1. The van der Waals surface area contributed by atoms with Crippen molar-refractivity contribution in [3.05, 3.63) is 35.4 Å². The first-order valence-corrected chi connectivity index (χ1v) is 18.1. The maximum atomic E-state index is 12.5. The average Bonchev–Trinajstić information content (AvgIpc) is 3.01. The summed E-state index contributed by atoms with van der Waals surface area (Å²) in [5, 5.41) is 3.04. The lowest BCUT2D eigenvalue weighted by atomic mass is 9.80. The number of Topliss-reactive ketones (excluding diaryl/α,β-unsaturated/α-hetero) is 2. The monoisotopic (exact) mass is 662 g/mol. The van der Waals surface area contributed by atoms with Crippen molar-refractivity contribution in [3.8, 4) is 5.75 Å². The number of benzene rings is 1. The summed E-state index contributed by atoms with van der Waals surface area (Å²) in [6, 6.07) is 7.75. The average molecular weight is 663 g/mol. The van der Waals surface area contributed by atoms with Gasteiger partial charge in [-0.25, -0.2) is 0 Å². The minimum absolute atomic E-state index is 0.0194. The van der Waals surface area contributed by atoms with Gasteiger partial charge in [0, 0.05) is 50.5 Å². The van der Waals surface area contributed by atoms with Crippen LogP contribution in [-0.4, -0.2) is 67.4 Å². The van der Waals surface area contributed by atoms with E-state index in [2.05, 4.69) is 10.5 Å². The molecule has 1 aliphatic carbocycles. The zero-order valence-corrected chi connectivity index (χ0v) is 28.2. The minimum atomic E-state index is -4.56. The van der Waals surface area contributed by atoms with Crippen LogP contribution in [0.3, 0.4) is 0 Å². The second kappa shape index (κ2) is 18.9. The molecule has 1 heterocycles. The van der Waals surface area contributed by atoms with Gasteiger partial charge in [0.15, 0.2) is 5.78 Å². The Hall–Kier alpha value is -3.09. The molecule has 3 unspecified atom stereocenters. The summed E-state index contributed by atoms with van der Waals surface area (Å²) in [7, 11) is -4.56. The number of hydrogen-bond acceptors (Lipinski definition) is 10. The van der Waals surface area contributed by atoms with E-state index >= 15 is 0 Å². The Bertz CT molecular complexity index is 1340. The van der Waals surface area contributed by atoms with Gasteiger partial charge in [-0.05, 0) is 107 Å². The van der Waals surface area contributed by atoms with Crippen LogP contribution in [0.4, 0.5) is 0 Å². The number of fused-ring (bicyclic) bond motifs is 1. The number of ketones is 2. The number of hydrazone groups is 1. The van der Waals surface area contributed by atoms with Gasteiger partial charge >= 0.3 is 5.97 Å². The van der Waals surface area contributed by atoms with E-state index in [1.165, 1.54) is 5.57 Å². The largest absolute Gasteiger partial charge is 0.494 e. The van der Waals surface area contributed by atoms with Gasteiger partial charge in [-0.2, -0.15) is 13.5 Å². The molecule has 0 saturated heterocycles. The van der Waals surface area contributed by atoms with Crippen LogP contribution in [0, 0.1) is 5.92 Å². The Morgan fingerprint density at radius 2 is 1.76 bits per heavy atom. The lowest BCUT2D eigenvalue weighted by Crippen LogP contribution is -2.30. The van der Waals surface area contributed by atoms with Gasteiger partial charge in [0.05, 0.1) is 12.3 Å². The normalized spacial score (nSPS) is 19.2. The van der Waals surface area contributed by atoms with Crippen molar-refractivity contribution < 1.29 is 41.6 Å². The molecule has 2 N–H and O–H groups in total. The number of hydrogen-bond donors (Lipinski definition) is 2. The first-order valence-electron chi connectivity index (χ1n) is 16.6. The van der Waals surface area contributed by atoms with E-state index in [1.807, 2.05) is 38.1 Å². The van der Waals surface area contributed by atoms with Crippen LogP contribution in [-0.2, 0) is 34.0 Å². The van der Waals surface area contributed by atoms with Gasteiger partial charge < -0.3 is 14.2 Å². The summed E-state index contributed by atoms with van der Waals surface area (Å²) in [6.07, 6.45) is 6.13. The van der Waals surface area contributed by atoms with Crippen molar-refractivity contribution in [1.82, 2.24) is 5.43 Å². The lowest BCUT2D eigenvalue weighted by molar-refractivity contribution is -0.150. The fourth-order valence-electron chi connectivity index (χ4n) is 5.91. The van der Waals surface area contributed by atoms with E-state index in [-0.39, 0.29) is 49.5 Å². The zero-order valence-electron chi connectivity index (χ0n) is 27.4. The van der Waals surface area contributed by atoms with Crippen LogP contribution < -0.4 is 10.2 Å². The molecule has 3 atom stereocenters. The van der Waals surface area contributed by atoms with Gasteiger partial charge in [0.1, 0.15) is 22.9 Å². The van der Waals surface area contributed by atoms with Crippen molar-refractivity contribution in [1.29, 1.82) is 0 Å². The molecule has 3 rings (SSSR count). The quantitative estimate of drug-likeness (QED) is 0.105. The Balaban J connectivity index is 1.50. The standard InChI is InChI=1S/C34H50N2O9S/c1-4-26(37)16-21-32(46(40,41)42)31(38)12-6-7-23-44-27-17-14-25(15-18-27)34-30-11-8-10-28(19-20-29(30)24(3)35-36-34)45-33(39)13-9-22-43-5-2/h14-15,17-18,28-29,32,36H,4-13,16,19-23H2,1-3H3,(H,40,41,42). The number of rotatable bonds is 19. The second-order valence-corrected chi connectivity index (χ2v) is 13.5. The smallest absolute Gasteiger partial charge is 0.306 e. The highest BCUT2D eigenvalue weighted by molar-refractivity contribution is 7.87. The number of ether oxygens (including phenoxy) is 3. The van der Waals surface area contributed by atoms with Gasteiger partial charge in [0.2, 0.25) is 0 Å².